The molecule has 2 rings (SSSR count). The number of aryl methyl sites for hydroxylation is 2. The summed E-state index contributed by atoms with van der Waals surface area (Å²) in [6, 6.07) is 0. The standard InChI is InChI=1S/C9H13N3O2S/c1-5-4-13-8(11-14-5)7-6(2)10-12(3)9(7)15/h5,15H,4H2,1-3H3. The molecule has 0 bridgehead atoms. The summed E-state index contributed by atoms with van der Waals surface area (Å²) in [6.45, 7) is 4.29. The number of thiol groups is 1. The molecule has 6 heteroatoms. The summed E-state index contributed by atoms with van der Waals surface area (Å²) in [5, 5.41) is 8.86. The van der Waals surface area contributed by atoms with E-state index < -0.39 is 0 Å². The predicted molar refractivity (Wildman–Crippen MR) is 58.2 cm³/mol. The average molecular weight is 227 g/mol. The average Bonchev–Trinajstić information content (AvgIpc) is 2.44. The van der Waals surface area contributed by atoms with Crippen LogP contribution in [0.4, 0.5) is 0 Å². The summed E-state index contributed by atoms with van der Waals surface area (Å²) in [5.41, 5.74) is 1.63. The predicted octanol–water partition coefficient (Wildman–Crippen LogP) is 1.11. The van der Waals surface area contributed by atoms with E-state index in [1.165, 1.54) is 0 Å². The highest BCUT2D eigenvalue weighted by Crippen LogP contribution is 2.20. The lowest BCUT2D eigenvalue weighted by molar-refractivity contribution is 0.00136. The molecule has 0 fully saturated rings. The molecule has 82 valence electrons. The molecule has 1 aromatic rings. The van der Waals surface area contributed by atoms with E-state index >= 15 is 0 Å². The van der Waals surface area contributed by atoms with Crippen molar-refractivity contribution in [3.63, 3.8) is 0 Å². The number of rotatable bonds is 1. The maximum atomic E-state index is 5.47. The number of ether oxygens (including phenoxy) is 1. The Hall–Kier alpha value is -1.17. The van der Waals surface area contributed by atoms with Crippen molar-refractivity contribution in [1.29, 1.82) is 0 Å². The van der Waals surface area contributed by atoms with Crippen LogP contribution in [0.15, 0.2) is 10.2 Å². The second-order valence-electron chi connectivity index (χ2n) is 3.53. The van der Waals surface area contributed by atoms with Gasteiger partial charge in [-0.1, -0.05) is 0 Å². The lowest BCUT2D eigenvalue weighted by atomic mass is 10.2. The lowest BCUT2D eigenvalue weighted by Crippen LogP contribution is -2.24. The molecule has 0 saturated heterocycles. The molecule has 1 atom stereocenters. The molecular formula is C9H13N3O2S. The largest absolute Gasteiger partial charge is 0.471 e. The van der Waals surface area contributed by atoms with Crippen LogP contribution in [0, 0.1) is 6.92 Å². The van der Waals surface area contributed by atoms with Crippen molar-refractivity contribution in [2.45, 2.75) is 25.0 Å². The zero-order valence-electron chi connectivity index (χ0n) is 8.89. The maximum Gasteiger partial charge on any atom is 0.262 e. The third-order valence-corrected chi connectivity index (χ3v) is 2.69. The Morgan fingerprint density at radius 2 is 2.27 bits per heavy atom. The van der Waals surface area contributed by atoms with Crippen molar-refractivity contribution >= 4 is 18.5 Å². The Balaban J connectivity index is 2.37. The summed E-state index contributed by atoms with van der Waals surface area (Å²) in [5.74, 6) is 0.462. The van der Waals surface area contributed by atoms with Crippen molar-refractivity contribution in [2.75, 3.05) is 6.61 Å². The molecule has 0 radical (unpaired) electrons. The quantitative estimate of drug-likeness (QED) is 0.731. The van der Waals surface area contributed by atoms with Crippen LogP contribution in [0.5, 0.6) is 0 Å². The summed E-state index contributed by atoms with van der Waals surface area (Å²) < 4.78 is 7.15. The SMILES string of the molecule is Cc1nn(C)c(S)c1C1=NOC(C)CO1. The third kappa shape index (κ3) is 1.81. The normalized spacial score (nSPS) is 20.5. The van der Waals surface area contributed by atoms with Crippen molar-refractivity contribution in [3.05, 3.63) is 11.3 Å². The second kappa shape index (κ2) is 3.77. The molecule has 0 N–H and O–H groups in total. The Morgan fingerprint density at radius 3 is 2.73 bits per heavy atom. The molecule has 1 aromatic heterocycles. The van der Waals surface area contributed by atoms with Crippen LogP contribution in [0.2, 0.25) is 0 Å². The molecule has 15 heavy (non-hydrogen) atoms. The van der Waals surface area contributed by atoms with E-state index in [-0.39, 0.29) is 6.10 Å². The summed E-state index contributed by atoms with van der Waals surface area (Å²) >= 11 is 4.35. The highest BCUT2D eigenvalue weighted by atomic mass is 32.1. The van der Waals surface area contributed by atoms with Crippen LogP contribution in [-0.4, -0.2) is 28.4 Å². The Morgan fingerprint density at radius 1 is 1.53 bits per heavy atom. The van der Waals surface area contributed by atoms with Crippen LogP contribution in [-0.2, 0) is 16.6 Å². The third-order valence-electron chi connectivity index (χ3n) is 2.18. The van der Waals surface area contributed by atoms with Crippen LogP contribution in [0.3, 0.4) is 0 Å². The maximum absolute atomic E-state index is 5.47. The van der Waals surface area contributed by atoms with Crippen molar-refractivity contribution in [2.24, 2.45) is 12.2 Å². The summed E-state index contributed by atoms with van der Waals surface area (Å²) in [4.78, 5) is 5.16. The highest BCUT2D eigenvalue weighted by Gasteiger charge is 2.22. The van der Waals surface area contributed by atoms with E-state index in [0.29, 0.717) is 12.5 Å². The van der Waals surface area contributed by atoms with Crippen LogP contribution >= 0.6 is 12.6 Å². The number of oxime groups is 1. The van der Waals surface area contributed by atoms with Gasteiger partial charge in [0.2, 0.25) is 0 Å². The number of hydrogen-bond acceptors (Lipinski definition) is 5. The molecule has 0 spiro atoms. The molecule has 2 heterocycles. The van der Waals surface area contributed by atoms with Gasteiger partial charge in [0, 0.05) is 7.05 Å². The summed E-state index contributed by atoms with van der Waals surface area (Å²) in [7, 11) is 1.83. The van der Waals surface area contributed by atoms with Gasteiger partial charge in [0.25, 0.3) is 5.90 Å². The van der Waals surface area contributed by atoms with Gasteiger partial charge in [-0.3, -0.25) is 4.68 Å². The second-order valence-corrected chi connectivity index (χ2v) is 3.95. The van der Waals surface area contributed by atoms with E-state index in [1.807, 2.05) is 20.9 Å². The molecule has 1 unspecified atom stereocenters. The number of aromatic nitrogens is 2. The molecule has 0 amide bonds. The van der Waals surface area contributed by atoms with Gasteiger partial charge in [-0.25, -0.2) is 0 Å². The minimum absolute atomic E-state index is 0.00547. The molecule has 0 aromatic carbocycles. The first-order valence-corrected chi connectivity index (χ1v) is 5.14. The monoisotopic (exact) mass is 227 g/mol. The first-order valence-electron chi connectivity index (χ1n) is 4.69. The molecule has 5 nitrogen and oxygen atoms in total. The molecule has 1 aliphatic heterocycles. The molecule has 1 aliphatic rings. The zero-order valence-corrected chi connectivity index (χ0v) is 9.78. The fourth-order valence-electron chi connectivity index (χ4n) is 1.41. The van der Waals surface area contributed by atoms with Gasteiger partial charge in [0.1, 0.15) is 11.6 Å². The number of hydrogen-bond donors (Lipinski definition) is 1. The van der Waals surface area contributed by atoms with Crippen LogP contribution < -0.4 is 0 Å². The molecular weight excluding hydrogens is 214 g/mol. The van der Waals surface area contributed by atoms with Gasteiger partial charge in [0.05, 0.1) is 11.3 Å². The highest BCUT2D eigenvalue weighted by molar-refractivity contribution is 7.80. The van der Waals surface area contributed by atoms with Gasteiger partial charge in [0.15, 0.2) is 6.10 Å². The van der Waals surface area contributed by atoms with E-state index in [1.54, 1.807) is 4.68 Å². The van der Waals surface area contributed by atoms with Gasteiger partial charge in [-0.15, -0.1) is 12.6 Å². The van der Waals surface area contributed by atoms with Crippen LogP contribution in [0.25, 0.3) is 0 Å². The Labute approximate surface area is 93.5 Å². The fourth-order valence-corrected chi connectivity index (χ4v) is 1.71. The van der Waals surface area contributed by atoms with Crippen LogP contribution in [0.1, 0.15) is 18.2 Å². The Kier molecular flexibility index (Phi) is 2.60. The van der Waals surface area contributed by atoms with E-state index in [9.17, 15) is 0 Å². The van der Waals surface area contributed by atoms with Crippen molar-refractivity contribution < 1.29 is 9.57 Å². The first-order chi connectivity index (χ1) is 7.09. The van der Waals surface area contributed by atoms with Gasteiger partial charge in [-0.05, 0) is 19.0 Å². The van der Waals surface area contributed by atoms with Gasteiger partial charge in [-0.2, -0.15) is 5.10 Å². The smallest absolute Gasteiger partial charge is 0.262 e. The Bertz CT molecular complexity index is 414. The van der Waals surface area contributed by atoms with Crippen molar-refractivity contribution in [1.82, 2.24) is 9.78 Å². The topological polar surface area (TPSA) is 48.6 Å². The van der Waals surface area contributed by atoms with Gasteiger partial charge < -0.3 is 9.57 Å². The fraction of sp³-hybridized carbons (Fsp3) is 0.556. The van der Waals surface area contributed by atoms with Crippen molar-refractivity contribution in [3.8, 4) is 0 Å². The summed E-state index contributed by atoms with van der Waals surface area (Å²) in [6.07, 6.45) is -0.00547. The van der Waals surface area contributed by atoms with Gasteiger partial charge >= 0.3 is 0 Å². The molecule has 0 aliphatic carbocycles. The zero-order chi connectivity index (χ0) is 11.0. The van der Waals surface area contributed by atoms with E-state index in [2.05, 4.69) is 22.9 Å². The first kappa shape index (κ1) is 10.4. The lowest BCUT2D eigenvalue weighted by Gasteiger charge is -2.18. The van der Waals surface area contributed by atoms with E-state index in [4.69, 9.17) is 9.57 Å². The van der Waals surface area contributed by atoms with E-state index in [0.717, 1.165) is 16.3 Å². The minimum Gasteiger partial charge on any atom is -0.471 e. The minimum atomic E-state index is -0.00547. The molecule has 0 saturated carbocycles. The number of nitrogens with zero attached hydrogens (tertiary/aromatic N) is 3.